The highest BCUT2D eigenvalue weighted by Crippen LogP contribution is 2.19. The van der Waals surface area contributed by atoms with Gasteiger partial charge in [0.2, 0.25) is 5.91 Å². The molecule has 1 unspecified atom stereocenters. The lowest BCUT2D eigenvalue weighted by Gasteiger charge is -2.15. The zero-order valence-corrected chi connectivity index (χ0v) is 13.1. The highest BCUT2D eigenvalue weighted by atomic mass is 19.1. The van der Waals surface area contributed by atoms with Gasteiger partial charge in [0.25, 0.3) is 0 Å². The number of hydrogen-bond donors (Lipinski definition) is 3. The lowest BCUT2D eigenvalue weighted by Crippen LogP contribution is -2.25. The molecule has 0 bridgehead atoms. The molecule has 0 saturated carbocycles. The summed E-state index contributed by atoms with van der Waals surface area (Å²) >= 11 is 0. The van der Waals surface area contributed by atoms with E-state index in [1.807, 2.05) is 0 Å². The number of anilines is 2. The maximum absolute atomic E-state index is 13.6. The molecule has 0 aliphatic heterocycles. The quantitative estimate of drug-likeness (QED) is 0.708. The molecule has 2 aromatic rings. The van der Waals surface area contributed by atoms with Crippen LogP contribution >= 0.6 is 0 Å². The minimum atomic E-state index is -0.652. The molecule has 0 fully saturated rings. The first kappa shape index (κ1) is 17.8. The van der Waals surface area contributed by atoms with Gasteiger partial charge < -0.3 is 16.4 Å². The summed E-state index contributed by atoms with van der Waals surface area (Å²) < 4.78 is 40.0. The second kappa shape index (κ2) is 7.83. The van der Waals surface area contributed by atoms with E-state index < -0.39 is 29.4 Å². The standard InChI is InChI=1S/C17H18F3N3O/c1-10(13-4-2-11(18)8-15(13)20)22-7-6-17(24)23-16-9-12(21)3-5-14(16)19/h2-5,8-10,22H,6-7,21H2,1H3,(H,23,24). The van der Waals surface area contributed by atoms with Crippen LogP contribution in [-0.4, -0.2) is 12.5 Å². The molecule has 0 heterocycles. The molecule has 0 aliphatic rings. The minimum absolute atomic E-state index is 0.0117. The first-order chi connectivity index (χ1) is 11.4. The molecule has 7 heteroatoms. The second-order valence-corrected chi connectivity index (χ2v) is 5.38. The van der Waals surface area contributed by atoms with Gasteiger partial charge in [0.05, 0.1) is 5.69 Å². The van der Waals surface area contributed by atoms with Crippen LogP contribution in [0, 0.1) is 17.5 Å². The van der Waals surface area contributed by atoms with Crippen LogP contribution in [0.15, 0.2) is 36.4 Å². The summed E-state index contributed by atoms with van der Waals surface area (Å²) in [4.78, 5) is 11.8. The predicted molar refractivity (Wildman–Crippen MR) is 86.8 cm³/mol. The van der Waals surface area contributed by atoms with Gasteiger partial charge in [-0.1, -0.05) is 6.07 Å². The minimum Gasteiger partial charge on any atom is -0.399 e. The van der Waals surface area contributed by atoms with Crippen LogP contribution in [0.4, 0.5) is 24.5 Å². The molecule has 0 spiro atoms. The van der Waals surface area contributed by atoms with Crippen molar-refractivity contribution < 1.29 is 18.0 Å². The molecular formula is C17H18F3N3O. The normalized spacial score (nSPS) is 12.0. The van der Waals surface area contributed by atoms with Crippen molar-refractivity contribution in [2.45, 2.75) is 19.4 Å². The maximum Gasteiger partial charge on any atom is 0.225 e. The molecule has 0 aliphatic carbocycles. The first-order valence-electron chi connectivity index (χ1n) is 7.40. The van der Waals surface area contributed by atoms with E-state index in [4.69, 9.17) is 5.73 Å². The van der Waals surface area contributed by atoms with Crippen LogP contribution in [0.2, 0.25) is 0 Å². The van der Waals surface area contributed by atoms with Gasteiger partial charge in [-0.15, -0.1) is 0 Å². The van der Waals surface area contributed by atoms with E-state index in [0.717, 1.165) is 6.07 Å². The SMILES string of the molecule is CC(NCCC(=O)Nc1cc(N)ccc1F)c1ccc(F)cc1F. The molecule has 0 saturated heterocycles. The summed E-state index contributed by atoms with van der Waals surface area (Å²) in [7, 11) is 0. The third kappa shape index (κ3) is 4.73. The molecule has 4 nitrogen and oxygen atoms in total. The van der Waals surface area contributed by atoms with Crippen LogP contribution in [0.3, 0.4) is 0 Å². The number of benzene rings is 2. The van der Waals surface area contributed by atoms with E-state index in [9.17, 15) is 18.0 Å². The summed E-state index contributed by atoms with van der Waals surface area (Å²) in [6.07, 6.45) is 0.0569. The molecule has 4 N–H and O–H groups in total. The summed E-state index contributed by atoms with van der Waals surface area (Å²) in [6.45, 7) is 1.94. The monoisotopic (exact) mass is 337 g/mol. The van der Waals surface area contributed by atoms with Crippen LogP contribution in [-0.2, 0) is 4.79 Å². The Morgan fingerprint density at radius 2 is 1.88 bits per heavy atom. The van der Waals surface area contributed by atoms with E-state index in [1.54, 1.807) is 6.92 Å². The van der Waals surface area contributed by atoms with Crippen LogP contribution in [0.5, 0.6) is 0 Å². The van der Waals surface area contributed by atoms with Crippen molar-refractivity contribution in [1.82, 2.24) is 5.32 Å². The predicted octanol–water partition coefficient (Wildman–Crippen LogP) is 3.37. The summed E-state index contributed by atoms with van der Waals surface area (Å²) in [6, 6.07) is 6.83. The number of rotatable bonds is 6. The third-order valence-electron chi connectivity index (χ3n) is 3.50. The smallest absolute Gasteiger partial charge is 0.225 e. The van der Waals surface area contributed by atoms with Gasteiger partial charge in [0, 0.05) is 36.3 Å². The number of nitrogens with two attached hydrogens (primary N) is 1. The van der Waals surface area contributed by atoms with Crippen molar-refractivity contribution in [3.8, 4) is 0 Å². The van der Waals surface area contributed by atoms with Crippen LogP contribution in [0.1, 0.15) is 24.9 Å². The van der Waals surface area contributed by atoms with Gasteiger partial charge in [0.15, 0.2) is 0 Å². The number of hydrogen-bond acceptors (Lipinski definition) is 3. The van der Waals surface area contributed by atoms with Crippen LogP contribution < -0.4 is 16.4 Å². The Morgan fingerprint density at radius 1 is 1.12 bits per heavy atom. The average Bonchev–Trinajstić information content (AvgIpc) is 2.50. The molecule has 0 radical (unpaired) electrons. The molecule has 0 aromatic heterocycles. The number of nitrogens with one attached hydrogen (secondary N) is 2. The lowest BCUT2D eigenvalue weighted by atomic mass is 10.1. The fraction of sp³-hybridized carbons (Fsp3) is 0.235. The average molecular weight is 337 g/mol. The Bertz CT molecular complexity index is 737. The van der Waals surface area contributed by atoms with E-state index >= 15 is 0 Å². The Morgan fingerprint density at radius 3 is 2.58 bits per heavy atom. The zero-order valence-electron chi connectivity index (χ0n) is 13.1. The number of carbonyl (C=O) groups excluding carboxylic acids is 1. The van der Waals surface area contributed by atoms with Gasteiger partial charge in [-0.05, 0) is 31.2 Å². The Kier molecular flexibility index (Phi) is 5.81. The fourth-order valence-electron chi connectivity index (χ4n) is 2.22. The van der Waals surface area contributed by atoms with Gasteiger partial charge in [0.1, 0.15) is 17.5 Å². The number of amides is 1. The topological polar surface area (TPSA) is 67.2 Å². The van der Waals surface area contributed by atoms with Crippen molar-refractivity contribution in [3.63, 3.8) is 0 Å². The molecular weight excluding hydrogens is 319 g/mol. The summed E-state index contributed by atoms with van der Waals surface area (Å²) in [5.41, 5.74) is 6.19. The third-order valence-corrected chi connectivity index (χ3v) is 3.50. The Hall–Kier alpha value is -2.54. The van der Waals surface area contributed by atoms with E-state index in [-0.39, 0.29) is 18.7 Å². The van der Waals surface area contributed by atoms with Gasteiger partial charge in [-0.2, -0.15) is 0 Å². The number of carbonyl (C=O) groups is 1. The molecule has 2 aromatic carbocycles. The zero-order chi connectivity index (χ0) is 17.7. The second-order valence-electron chi connectivity index (χ2n) is 5.38. The highest BCUT2D eigenvalue weighted by molar-refractivity contribution is 5.91. The van der Waals surface area contributed by atoms with E-state index in [2.05, 4.69) is 10.6 Å². The van der Waals surface area contributed by atoms with Crippen molar-refractivity contribution in [3.05, 3.63) is 59.4 Å². The molecule has 2 rings (SSSR count). The summed E-state index contributed by atoms with van der Waals surface area (Å²) in [5.74, 6) is -2.28. The summed E-state index contributed by atoms with van der Waals surface area (Å²) in [5, 5.41) is 5.39. The molecule has 1 amide bonds. The van der Waals surface area contributed by atoms with E-state index in [0.29, 0.717) is 11.3 Å². The Labute approximate surface area is 137 Å². The Balaban J connectivity index is 1.85. The van der Waals surface area contributed by atoms with Crippen molar-refractivity contribution in [2.75, 3.05) is 17.6 Å². The van der Waals surface area contributed by atoms with Crippen molar-refractivity contribution in [1.29, 1.82) is 0 Å². The van der Waals surface area contributed by atoms with Crippen molar-refractivity contribution in [2.24, 2.45) is 0 Å². The van der Waals surface area contributed by atoms with Gasteiger partial charge in [-0.3, -0.25) is 4.79 Å². The highest BCUT2D eigenvalue weighted by Gasteiger charge is 2.12. The van der Waals surface area contributed by atoms with Crippen LogP contribution in [0.25, 0.3) is 0 Å². The first-order valence-corrected chi connectivity index (χ1v) is 7.40. The number of halogens is 3. The van der Waals surface area contributed by atoms with Crippen molar-refractivity contribution >= 4 is 17.3 Å². The molecule has 1 atom stereocenters. The largest absolute Gasteiger partial charge is 0.399 e. The molecule has 24 heavy (non-hydrogen) atoms. The number of nitrogen functional groups attached to an aromatic ring is 1. The van der Waals surface area contributed by atoms with Gasteiger partial charge in [-0.25, -0.2) is 13.2 Å². The lowest BCUT2D eigenvalue weighted by molar-refractivity contribution is -0.116. The van der Waals surface area contributed by atoms with Gasteiger partial charge >= 0.3 is 0 Å². The maximum atomic E-state index is 13.6. The fourth-order valence-corrected chi connectivity index (χ4v) is 2.22. The molecule has 128 valence electrons. The van der Waals surface area contributed by atoms with E-state index in [1.165, 1.54) is 30.3 Å².